The van der Waals surface area contributed by atoms with E-state index in [0.717, 1.165) is 16.8 Å². The van der Waals surface area contributed by atoms with Gasteiger partial charge in [0.1, 0.15) is 5.82 Å². The summed E-state index contributed by atoms with van der Waals surface area (Å²) in [6.45, 7) is 4.10. The van der Waals surface area contributed by atoms with Crippen molar-refractivity contribution in [3.05, 3.63) is 41.2 Å². The second-order valence-electron chi connectivity index (χ2n) is 7.09. The molecule has 0 aliphatic carbocycles. The van der Waals surface area contributed by atoms with Gasteiger partial charge in [0.2, 0.25) is 17.6 Å². The van der Waals surface area contributed by atoms with Gasteiger partial charge < -0.3 is 24.5 Å². The van der Waals surface area contributed by atoms with Gasteiger partial charge in [0.25, 0.3) is 0 Å². The van der Waals surface area contributed by atoms with Crippen molar-refractivity contribution in [3.63, 3.8) is 0 Å². The lowest BCUT2D eigenvalue weighted by Crippen LogP contribution is -2.14. The smallest absolute Gasteiger partial charge is 0.234 e. The quantitative estimate of drug-likeness (QED) is 0.593. The predicted octanol–water partition coefficient (Wildman–Crippen LogP) is 3.55. The van der Waals surface area contributed by atoms with Crippen LogP contribution in [0.4, 0.5) is 17.7 Å². The van der Waals surface area contributed by atoms with E-state index in [-0.39, 0.29) is 5.92 Å². The van der Waals surface area contributed by atoms with Crippen LogP contribution in [0.5, 0.6) is 17.2 Å². The van der Waals surface area contributed by atoms with Gasteiger partial charge in [0.05, 0.1) is 27.0 Å². The van der Waals surface area contributed by atoms with E-state index in [4.69, 9.17) is 24.5 Å². The maximum atomic E-state index is 6.22. The molecule has 1 aromatic carbocycles. The number of aromatic nitrogens is 3. The van der Waals surface area contributed by atoms with Crippen molar-refractivity contribution >= 4 is 17.7 Å². The molecular formula is C21H27N5O4. The number of hydrogen-bond acceptors (Lipinski definition) is 9. The van der Waals surface area contributed by atoms with Crippen molar-refractivity contribution in [2.45, 2.75) is 26.2 Å². The number of ether oxygens (including phenoxy) is 3. The summed E-state index contributed by atoms with van der Waals surface area (Å²) >= 11 is 0. The van der Waals surface area contributed by atoms with E-state index in [1.165, 1.54) is 0 Å². The van der Waals surface area contributed by atoms with Crippen LogP contribution >= 0.6 is 0 Å². The zero-order valence-electron chi connectivity index (χ0n) is 18.1. The van der Waals surface area contributed by atoms with Gasteiger partial charge in [0, 0.05) is 31.3 Å². The molecule has 9 heteroatoms. The monoisotopic (exact) mass is 413 g/mol. The standard InChI is InChI=1S/C21H27N5O4/c1-12(2)15-10-18(30-25-15)26(3)21-23-11-14(20(22)24-21)7-13-8-16(27-4)19(29-6)17(9-13)28-5/h8-12H,7H2,1-6H3,(H2,22,23,24). The summed E-state index contributed by atoms with van der Waals surface area (Å²) in [5, 5.41) is 4.07. The van der Waals surface area contributed by atoms with Gasteiger partial charge in [-0.2, -0.15) is 4.98 Å². The van der Waals surface area contributed by atoms with E-state index >= 15 is 0 Å². The first-order chi connectivity index (χ1) is 14.4. The number of nitrogens with two attached hydrogens (primary N) is 1. The molecule has 2 aromatic heterocycles. The molecule has 0 radical (unpaired) electrons. The molecule has 2 N–H and O–H groups in total. The number of nitrogen functional groups attached to an aromatic ring is 1. The lowest BCUT2D eigenvalue weighted by Gasteiger charge is -2.16. The highest BCUT2D eigenvalue weighted by atomic mass is 16.5. The number of methoxy groups -OCH3 is 3. The lowest BCUT2D eigenvalue weighted by atomic mass is 10.1. The van der Waals surface area contributed by atoms with Gasteiger partial charge in [-0.25, -0.2) is 4.98 Å². The highest BCUT2D eigenvalue weighted by molar-refractivity contribution is 5.57. The molecule has 0 bridgehead atoms. The summed E-state index contributed by atoms with van der Waals surface area (Å²) in [4.78, 5) is 10.6. The zero-order valence-corrected chi connectivity index (χ0v) is 18.1. The van der Waals surface area contributed by atoms with E-state index in [0.29, 0.717) is 41.3 Å². The molecular weight excluding hydrogens is 386 g/mol. The minimum absolute atomic E-state index is 0.266. The van der Waals surface area contributed by atoms with Crippen molar-refractivity contribution in [3.8, 4) is 17.2 Å². The van der Waals surface area contributed by atoms with Crippen molar-refractivity contribution in [1.29, 1.82) is 0 Å². The normalized spacial score (nSPS) is 10.9. The third-order valence-corrected chi connectivity index (χ3v) is 4.74. The molecule has 0 spiro atoms. The Hall–Kier alpha value is -3.49. The molecule has 0 saturated carbocycles. The summed E-state index contributed by atoms with van der Waals surface area (Å²) < 4.78 is 21.6. The summed E-state index contributed by atoms with van der Waals surface area (Å²) in [5.74, 6) is 3.32. The zero-order chi connectivity index (χ0) is 21.8. The number of rotatable bonds is 8. The number of benzene rings is 1. The van der Waals surface area contributed by atoms with Crippen LogP contribution < -0.4 is 24.8 Å². The third kappa shape index (κ3) is 4.24. The van der Waals surface area contributed by atoms with Crippen molar-refractivity contribution in [2.24, 2.45) is 0 Å². The first-order valence-corrected chi connectivity index (χ1v) is 9.48. The molecule has 2 heterocycles. The van der Waals surface area contributed by atoms with E-state index in [2.05, 4.69) is 15.1 Å². The molecule has 0 saturated heterocycles. The molecule has 0 aliphatic heterocycles. The Morgan fingerprint density at radius 2 is 1.73 bits per heavy atom. The fourth-order valence-electron chi connectivity index (χ4n) is 2.97. The van der Waals surface area contributed by atoms with Crippen molar-refractivity contribution in [1.82, 2.24) is 15.1 Å². The first-order valence-electron chi connectivity index (χ1n) is 9.48. The number of hydrogen-bond donors (Lipinski definition) is 1. The summed E-state index contributed by atoms with van der Waals surface area (Å²) in [6.07, 6.45) is 2.21. The Kier molecular flexibility index (Phi) is 6.29. The molecule has 30 heavy (non-hydrogen) atoms. The molecule has 3 rings (SSSR count). The van der Waals surface area contributed by atoms with Gasteiger partial charge in [-0.15, -0.1) is 0 Å². The summed E-state index contributed by atoms with van der Waals surface area (Å²) in [5.41, 5.74) is 8.80. The second-order valence-corrected chi connectivity index (χ2v) is 7.09. The maximum Gasteiger partial charge on any atom is 0.234 e. The molecule has 0 fully saturated rings. The first kappa shape index (κ1) is 21.2. The van der Waals surface area contributed by atoms with Crippen molar-refractivity contribution in [2.75, 3.05) is 39.0 Å². The molecule has 0 atom stereocenters. The minimum Gasteiger partial charge on any atom is -0.493 e. The Balaban J connectivity index is 1.85. The molecule has 0 aliphatic rings. The lowest BCUT2D eigenvalue weighted by molar-refractivity contribution is 0.324. The maximum absolute atomic E-state index is 6.22. The van der Waals surface area contributed by atoms with Crippen LogP contribution in [-0.2, 0) is 6.42 Å². The van der Waals surface area contributed by atoms with E-state index in [9.17, 15) is 0 Å². The Morgan fingerprint density at radius 1 is 1.07 bits per heavy atom. The Morgan fingerprint density at radius 3 is 2.23 bits per heavy atom. The largest absolute Gasteiger partial charge is 0.493 e. The number of nitrogens with zero attached hydrogens (tertiary/aromatic N) is 4. The highest BCUT2D eigenvalue weighted by Crippen LogP contribution is 2.39. The number of anilines is 3. The average molecular weight is 413 g/mol. The van der Waals surface area contributed by atoms with Gasteiger partial charge in [-0.3, -0.25) is 4.90 Å². The van der Waals surface area contributed by atoms with Crippen molar-refractivity contribution < 1.29 is 18.7 Å². The fourth-order valence-corrected chi connectivity index (χ4v) is 2.97. The van der Waals surface area contributed by atoms with E-state index in [1.807, 2.05) is 32.0 Å². The van der Waals surface area contributed by atoms with Crippen LogP contribution in [0.25, 0.3) is 0 Å². The second kappa shape index (κ2) is 8.89. The molecule has 0 unspecified atom stereocenters. The van der Waals surface area contributed by atoms with Crippen LogP contribution in [0, 0.1) is 0 Å². The molecule has 3 aromatic rings. The van der Waals surface area contributed by atoms with Crippen LogP contribution in [0.2, 0.25) is 0 Å². The van der Waals surface area contributed by atoms with Gasteiger partial charge in [-0.1, -0.05) is 19.0 Å². The summed E-state index contributed by atoms with van der Waals surface area (Å²) in [6, 6.07) is 5.62. The van der Waals surface area contributed by atoms with Crippen LogP contribution in [-0.4, -0.2) is 43.5 Å². The molecule has 0 amide bonds. The fraction of sp³-hybridized carbons (Fsp3) is 0.381. The van der Waals surface area contributed by atoms with Gasteiger partial charge >= 0.3 is 0 Å². The van der Waals surface area contributed by atoms with Gasteiger partial charge in [0.15, 0.2) is 11.5 Å². The minimum atomic E-state index is 0.266. The van der Waals surface area contributed by atoms with E-state index < -0.39 is 0 Å². The van der Waals surface area contributed by atoms with E-state index in [1.54, 1.807) is 39.5 Å². The Bertz CT molecular complexity index is 993. The van der Waals surface area contributed by atoms with Crippen LogP contribution in [0.15, 0.2) is 28.9 Å². The molecule has 160 valence electrons. The molecule has 9 nitrogen and oxygen atoms in total. The third-order valence-electron chi connectivity index (χ3n) is 4.74. The predicted molar refractivity (Wildman–Crippen MR) is 114 cm³/mol. The topological polar surface area (TPSA) is 109 Å². The van der Waals surface area contributed by atoms with Gasteiger partial charge in [-0.05, 0) is 23.6 Å². The van der Waals surface area contributed by atoms with Crippen LogP contribution in [0.3, 0.4) is 0 Å². The van der Waals surface area contributed by atoms with Crippen LogP contribution in [0.1, 0.15) is 36.6 Å². The average Bonchev–Trinajstić information content (AvgIpc) is 3.24. The Labute approximate surface area is 175 Å². The SMILES string of the molecule is COc1cc(Cc2cnc(N(C)c3cc(C(C)C)no3)nc2N)cc(OC)c1OC. The summed E-state index contributed by atoms with van der Waals surface area (Å²) in [7, 11) is 6.53. The highest BCUT2D eigenvalue weighted by Gasteiger charge is 2.17.